The van der Waals surface area contributed by atoms with E-state index in [1.165, 1.54) is 5.56 Å². The Morgan fingerprint density at radius 1 is 1.00 bits per heavy atom. The molecule has 0 unspecified atom stereocenters. The number of carbonyl (C=O) groups excluding carboxylic acids is 1. The fourth-order valence-electron chi connectivity index (χ4n) is 2.41. The zero-order chi connectivity index (χ0) is 13.2. The van der Waals surface area contributed by atoms with Crippen molar-refractivity contribution in [2.75, 3.05) is 0 Å². The molecule has 0 N–H and O–H groups in total. The van der Waals surface area contributed by atoms with Crippen LogP contribution in [0.2, 0.25) is 0 Å². The Hall–Kier alpha value is -2.22. The Morgan fingerprint density at radius 2 is 1.84 bits per heavy atom. The molecule has 0 saturated heterocycles. The number of Topliss-reactive ketones (excluding diaryl/α,β-unsaturated/α-hetero) is 1. The maximum Gasteiger partial charge on any atom is 0.143 e. The Morgan fingerprint density at radius 3 is 2.68 bits per heavy atom. The van der Waals surface area contributed by atoms with Gasteiger partial charge in [-0.1, -0.05) is 48.0 Å². The minimum atomic E-state index is 0.227. The SMILES string of the molecule is Cc1cccc(C2=Nc3ccccc3CC(=O)C2)c1. The average Bonchev–Trinajstić information content (AvgIpc) is 2.56. The van der Waals surface area contributed by atoms with E-state index >= 15 is 0 Å². The third-order valence-corrected chi connectivity index (χ3v) is 3.35. The number of aliphatic imine (C=N–C) groups is 1. The molecule has 2 nitrogen and oxygen atoms in total. The summed E-state index contributed by atoms with van der Waals surface area (Å²) in [4.78, 5) is 16.7. The maximum atomic E-state index is 12.0. The summed E-state index contributed by atoms with van der Waals surface area (Å²) in [7, 11) is 0. The highest BCUT2D eigenvalue weighted by Crippen LogP contribution is 2.25. The maximum absolute atomic E-state index is 12.0. The van der Waals surface area contributed by atoms with Crippen LogP contribution in [0.15, 0.2) is 53.5 Å². The zero-order valence-electron chi connectivity index (χ0n) is 10.9. The van der Waals surface area contributed by atoms with E-state index in [4.69, 9.17) is 4.99 Å². The van der Waals surface area contributed by atoms with Gasteiger partial charge in [-0.3, -0.25) is 9.79 Å². The van der Waals surface area contributed by atoms with Gasteiger partial charge in [0.2, 0.25) is 0 Å². The predicted molar refractivity (Wildman–Crippen MR) is 77.1 cm³/mol. The van der Waals surface area contributed by atoms with Gasteiger partial charge in [-0.25, -0.2) is 0 Å². The smallest absolute Gasteiger partial charge is 0.143 e. The number of aryl methyl sites for hydroxylation is 1. The molecule has 0 spiro atoms. The number of fused-ring (bicyclic) bond motifs is 1. The summed E-state index contributed by atoms with van der Waals surface area (Å²) in [5, 5.41) is 0. The van der Waals surface area contributed by atoms with E-state index in [-0.39, 0.29) is 5.78 Å². The zero-order valence-corrected chi connectivity index (χ0v) is 10.9. The standard InChI is InChI=1S/C17H15NO/c1-12-5-4-7-13(9-12)17-11-15(19)10-14-6-2-3-8-16(14)18-17/h2-9H,10-11H2,1H3. The van der Waals surface area contributed by atoms with Crippen LogP contribution in [-0.2, 0) is 11.2 Å². The van der Waals surface area contributed by atoms with Crippen LogP contribution >= 0.6 is 0 Å². The first kappa shape index (κ1) is 11.8. The molecule has 1 heterocycles. The van der Waals surface area contributed by atoms with Gasteiger partial charge >= 0.3 is 0 Å². The monoisotopic (exact) mass is 249 g/mol. The summed E-state index contributed by atoms with van der Waals surface area (Å²) in [6.07, 6.45) is 0.896. The van der Waals surface area contributed by atoms with Crippen LogP contribution in [-0.4, -0.2) is 11.5 Å². The van der Waals surface area contributed by atoms with Crippen LogP contribution in [0.5, 0.6) is 0 Å². The Bertz CT molecular complexity index is 670. The van der Waals surface area contributed by atoms with Crippen LogP contribution in [0.1, 0.15) is 23.1 Å². The van der Waals surface area contributed by atoms with Crippen molar-refractivity contribution in [1.82, 2.24) is 0 Å². The normalized spacial score (nSPS) is 14.6. The quantitative estimate of drug-likeness (QED) is 0.758. The second-order valence-electron chi connectivity index (χ2n) is 4.95. The van der Waals surface area contributed by atoms with Gasteiger partial charge in [0.15, 0.2) is 0 Å². The third-order valence-electron chi connectivity index (χ3n) is 3.35. The van der Waals surface area contributed by atoms with E-state index in [9.17, 15) is 4.79 Å². The Kier molecular flexibility index (Phi) is 3.00. The second-order valence-corrected chi connectivity index (χ2v) is 4.95. The summed E-state index contributed by atoms with van der Waals surface area (Å²) < 4.78 is 0. The van der Waals surface area contributed by atoms with Gasteiger partial charge in [0.1, 0.15) is 5.78 Å². The van der Waals surface area contributed by atoms with Crippen molar-refractivity contribution < 1.29 is 4.79 Å². The van der Waals surface area contributed by atoms with Crippen molar-refractivity contribution in [3.63, 3.8) is 0 Å². The van der Waals surface area contributed by atoms with Gasteiger partial charge in [0, 0.05) is 12.8 Å². The lowest BCUT2D eigenvalue weighted by atomic mass is 10.0. The Balaban J connectivity index is 2.11. The molecule has 0 aromatic heterocycles. The van der Waals surface area contributed by atoms with Gasteiger partial charge in [-0.2, -0.15) is 0 Å². The number of ketones is 1. The van der Waals surface area contributed by atoms with E-state index in [0.29, 0.717) is 12.8 Å². The number of nitrogens with zero attached hydrogens (tertiary/aromatic N) is 1. The molecule has 0 saturated carbocycles. The molecule has 3 rings (SSSR count). The van der Waals surface area contributed by atoms with Crippen LogP contribution in [0.4, 0.5) is 5.69 Å². The van der Waals surface area contributed by atoms with Crippen LogP contribution in [0.3, 0.4) is 0 Å². The fourth-order valence-corrected chi connectivity index (χ4v) is 2.41. The molecule has 2 aromatic rings. The van der Waals surface area contributed by atoms with Crippen molar-refractivity contribution in [2.45, 2.75) is 19.8 Å². The highest BCUT2D eigenvalue weighted by Gasteiger charge is 2.17. The number of hydrogen-bond donors (Lipinski definition) is 0. The van der Waals surface area contributed by atoms with Crippen molar-refractivity contribution in [1.29, 1.82) is 0 Å². The molecular weight excluding hydrogens is 234 g/mol. The van der Waals surface area contributed by atoms with Crippen LogP contribution in [0.25, 0.3) is 0 Å². The van der Waals surface area contributed by atoms with E-state index < -0.39 is 0 Å². The minimum Gasteiger partial charge on any atom is -0.299 e. The van der Waals surface area contributed by atoms with E-state index in [2.05, 4.69) is 19.1 Å². The molecule has 2 heteroatoms. The number of hydrogen-bond acceptors (Lipinski definition) is 2. The summed E-state index contributed by atoms with van der Waals surface area (Å²) in [6, 6.07) is 16.0. The van der Waals surface area contributed by atoms with Crippen LogP contribution in [0, 0.1) is 6.92 Å². The first-order valence-corrected chi connectivity index (χ1v) is 6.46. The van der Waals surface area contributed by atoms with Crippen molar-refractivity contribution in [2.24, 2.45) is 4.99 Å². The third kappa shape index (κ3) is 2.48. The molecule has 1 aliphatic rings. The van der Waals surface area contributed by atoms with E-state index in [1.807, 2.05) is 36.4 Å². The lowest BCUT2D eigenvalue weighted by Crippen LogP contribution is -2.09. The fraction of sp³-hybridized carbons (Fsp3) is 0.176. The van der Waals surface area contributed by atoms with E-state index in [1.54, 1.807) is 0 Å². The van der Waals surface area contributed by atoms with Crippen LogP contribution < -0.4 is 0 Å². The van der Waals surface area contributed by atoms with Gasteiger partial charge in [0.05, 0.1) is 11.4 Å². The predicted octanol–water partition coefficient (Wildman–Crippen LogP) is 3.63. The summed E-state index contributed by atoms with van der Waals surface area (Å²) in [5.74, 6) is 0.227. The number of para-hydroxylation sites is 1. The Labute approximate surface area is 112 Å². The molecule has 0 amide bonds. The largest absolute Gasteiger partial charge is 0.299 e. The molecule has 19 heavy (non-hydrogen) atoms. The molecule has 0 bridgehead atoms. The lowest BCUT2D eigenvalue weighted by molar-refractivity contribution is -0.117. The van der Waals surface area contributed by atoms with Gasteiger partial charge in [-0.15, -0.1) is 0 Å². The average molecular weight is 249 g/mol. The number of benzene rings is 2. The van der Waals surface area contributed by atoms with Gasteiger partial charge in [0.25, 0.3) is 0 Å². The number of carbonyl (C=O) groups is 1. The molecule has 0 fully saturated rings. The molecule has 0 aliphatic carbocycles. The first-order valence-electron chi connectivity index (χ1n) is 6.46. The highest BCUT2D eigenvalue weighted by molar-refractivity contribution is 6.13. The first-order chi connectivity index (χ1) is 9.22. The van der Waals surface area contributed by atoms with Crippen molar-refractivity contribution >= 4 is 17.2 Å². The summed E-state index contributed by atoms with van der Waals surface area (Å²) in [5.41, 5.74) is 5.05. The lowest BCUT2D eigenvalue weighted by Gasteiger charge is -2.04. The molecule has 0 atom stereocenters. The van der Waals surface area contributed by atoms with Gasteiger partial charge in [-0.05, 0) is 24.1 Å². The molecule has 2 aromatic carbocycles. The van der Waals surface area contributed by atoms with Crippen molar-refractivity contribution in [3.8, 4) is 0 Å². The van der Waals surface area contributed by atoms with Crippen molar-refractivity contribution in [3.05, 3.63) is 65.2 Å². The molecule has 94 valence electrons. The summed E-state index contributed by atoms with van der Waals surface area (Å²) in [6.45, 7) is 2.05. The number of rotatable bonds is 1. The molecule has 0 radical (unpaired) electrons. The summed E-state index contributed by atoms with van der Waals surface area (Å²) >= 11 is 0. The molecular formula is C17H15NO. The minimum absolute atomic E-state index is 0.227. The second kappa shape index (κ2) is 4.81. The highest BCUT2D eigenvalue weighted by atomic mass is 16.1. The topological polar surface area (TPSA) is 29.4 Å². The molecule has 1 aliphatic heterocycles. The van der Waals surface area contributed by atoms with E-state index in [0.717, 1.165) is 22.5 Å². The van der Waals surface area contributed by atoms with Gasteiger partial charge < -0.3 is 0 Å².